The van der Waals surface area contributed by atoms with Crippen LogP contribution >= 0.6 is 0 Å². The maximum Gasteiger partial charge on any atom is 0.256 e. The molecule has 2 aromatic carbocycles. The molecule has 3 amide bonds. The molecule has 0 bridgehead atoms. The Bertz CT molecular complexity index is 1510. The van der Waals surface area contributed by atoms with Gasteiger partial charge in [0.2, 0.25) is 11.8 Å². The van der Waals surface area contributed by atoms with Crippen molar-refractivity contribution < 1.29 is 18.8 Å². The van der Waals surface area contributed by atoms with E-state index in [0.29, 0.717) is 44.9 Å². The number of fused-ring (bicyclic) bond motifs is 1. The molecule has 3 aromatic rings. The van der Waals surface area contributed by atoms with E-state index in [-0.39, 0.29) is 29.6 Å². The number of carbonyl (C=O) groups is 3. The SMILES string of the molecule is CC(=O)N1CCC2(CC1)N=C(c1ccc(-c3ccc4occc4c3)cc1)N(C[C@@H]1CCN(C(=O)C3CC3)C1)C2=O. The van der Waals surface area contributed by atoms with Crippen molar-refractivity contribution in [2.75, 3.05) is 32.7 Å². The Morgan fingerprint density at radius 2 is 1.65 bits per heavy atom. The lowest BCUT2D eigenvalue weighted by molar-refractivity contribution is -0.137. The maximum atomic E-state index is 14.1. The molecule has 1 saturated carbocycles. The van der Waals surface area contributed by atoms with Crippen molar-refractivity contribution in [1.29, 1.82) is 0 Å². The van der Waals surface area contributed by atoms with Gasteiger partial charge in [-0.3, -0.25) is 24.3 Å². The minimum absolute atomic E-state index is 0.0344. The second kappa shape index (κ2) is 9.61. The average molecular weight is 539 g/mol. The molecule has 1 aromatic heterocycles. The van der Waals surface area contributed by atoms with Gasteiger partial charge in [-0.2, -0.15) is 0 Å². The summed E-state index contributed by atoms with van der Waals surface area (Å²) in [6, 6.07) is 16.4. The lowest BCUT2D eigenvalue weighted by Crippen LogP contribution is -2.51. The first-order valence-electron chi connectivity index (χ1n) is 14.4. The summed E-state index contributed by atoms with van der Waals surface area (Å²) in [6.07, 6.45) is 5.68. The van der Waals surface area contributed by atoms with Crippen LogP contribution in [0.1, 0.15) is 44.6 Å². The Morgan fingerprint density at radius 3 is 2.38 bits per heavy atom. The first-order chi connectivity index (χ1) is 19.4. The summed E-state index contributed by atoms with van der Waals surface area (Å²) in [5, 5.41) is 1.06. The van der Waals surface area contributed by atoms with E-state index in [1.165, 1.54) is 0 Å². The fourth-order valence-corrected chi connectivity index (χ4v) is 6.55. The third-order valence-corrected chi connectivity index (χ3v) is 9.15. The molecule has 8 heteroatoms. The molecule has 0 radical (unpaired) electrons. The Balaban J connectivity index is 1.16. The van der Waals surface area contributed by atoms with E-state index in [1.807, 2.05) is 21.9 Å². The second-order valence-corrected chi connectivity index (χ2v) is 11.9. The van der Waals surface area contributed by atoms with Gasteiger partial charge in [0.05, 0.1) is 6.26 Å². The van der Waals surface area contributed by atoms with Crippen LogP contribution in [0.5, 0.6) is 0 Å². The summed E-state index contributed by atoms with van der Waals surface area (Å²) in [6.45, 7) is 4.68. The van der Waals surface area contributed by atoms with Crippen LogP contribution in [-0.4, -0.2) is 76.5 Å². The number of hydrogen-bond acceptors (Lipinski definition) is 5. The van der Waals surface area contributed by atoms with Crippen molar-refractivity contribution in [2.45, 2.75) is 44.6 Å². The molecular formula is C32H34N4O4. The number of piperidine rings is 1. The lowest BCUT2D eigenvalue weighted by atomic mass is 9.87. The quantitative estimate of drug-likeness (QED) is 0.484. The number of hydrogen-bond donors (Lipinski definition) is 0. The highest BCUT2D eigenvalue weighted by Crippen LogP contribution is 2.38. The molecule has 1 spiro atoms. The Labute approximate surface area is 233 Å². The monoisotopic (exact) mass is 538 g/mol. The third kappa shape index (κ3) is 4.39. The van der Waals surface area contributed by atoms with Gasteiger partial charge in [0, 0.05) is 56.5 Å². The highest BCUT2D eigenvalue weighted by Gasteiger charge is 2.51. The van der Waals surface area contributed by atoms with E-state index >= 15 is 0 Å². The van der Waals surface area contributed by atoms with Gasteiger partial charge in [-0.1, -0.05) is 30.3 Å². The van der Waals surface area contributed by atoms with Gasteiger partial charge in [-0.05, 0) is 67.3 Å². The van der Waals surface area contributed by atoms with Gasteiger partial charge in [-0.25, -0.2) is 0 Å². The Hall–Kier alpha value is -3.94. The van der Waals surface area contributed by atoms with Crippen molar-refractivity contribution >= 4 is 34.5 Å². The Morgan fingerprint density at radius 1 is 0.925 bits per heavy atom. The highest BCUT2D eigenvalue weighted by atomic mass is 16.3. The minimum atomic E-state index is -0.825. The summed E-state index contributed by atoms with van der Waals surface area (Å²) in [5.41, 5.74) is 3.13. The van der Waals surface area contributed by atoms with Crippen LogP contribution in [0.3, 0.4) is 0 Å². The standard InChI is InChI=1S/C32H34N4O4/c1-21(37)34-15-12-32(13-16-34)31(39)36(20-22-10-14-35(19-22)30(38)25-6-7-25)29(33-32)24-4-2-23(3-5-24)26-8-9-28-27(18-26)11-17-40-28/h2-5,8-9,11,17-18,22,25H,6-7,10,12-16,19-20H2,1H3/t22-/m1/s1. The van der Waals surface area contributed by atoms with Crippen molar-refractivity contribution in [2.24, 2.45) is 16.8 Å². The molecule has 3 aliphatic heterocycles. The smallest absolute Gasteiger partial charge is 0.256 e. The summed E-state index contributed by atoms with van der Waals surface area (Å²) in [4.78, 5) is 49.5. The molecule has 0 N–H and O–H groups in total. The molecule has 40 heavy (non-hydrogen) atoms. The molecule has 206 valence electrons. The fourth-order valence-electron chi connectivity index (χ4n) is 6.55. The number of amides is 3. The summed E-state index contributed by atoms with van der Waals surface area (Å²) in [7, 11) is 0. The lowest BCUT2D eigenvalue weighted by Gasteiger charge is -2.36. The number of rotatable bonds is 5. The number of carbonyl (C=O) groups excluding carboxylic acids is 3. The molecular weight excluding hydrogens is 504 g/mol. The van der Waals surface area contributed by atoms with Gasteiger partial charge in [0.15, 0.2) is 0 Å². The van der Waals surface area contributed by atoms with E-state index in [0.717, 1.165) is 53.5 Å². The van der Waals surface area contributed by atoms with Crippen molar-refractivity contribution in [3.63, 3.8) is 0 Å². The molecule has 1 aliphatic carbocycles. The summed E-state index contributed by atoms with van der Waals surface area (Å²) >= 11 is 0. The first kappa shape index (κ1) is 25.1. The van der Waals surface area contributed by atoms with Crippen LogP contribution in [0.4, 0.5) is 0 Å². The molecule has 2 saturated heterocycles. The van der Waals surface area contributed by atoms with Gasteiger partial charge in [0.1, 0.15) is 17.0 Å². The molecule has 0 unspecified atom stereocenters. The normalized spacial score (nSPS) is 22.4. The molecule has 4 heterocycles. The molecule has 8 nitrogen and oxygen atoms in total. The zero-order chi connectivity index (χ0) is 27.4. The summed E-state index contributed by atoms with van der Waals surface area (Å²) < 4.78 is 5.48. The number of benzene rings is 2. The largest absolute Gasteiger partial charge is 0.464 e. The van der Waals surface area contributed by atoms with Crippen molar-refractivity contribution in [1.82, 2.24) is 14.7 Å². The van der Waals surface area contributed by atoms with E-state index in [4.69, 9.17) is 9.41 Å². The van der Waals surface area contributed by atoms with E-state index < -0.39 is 5.54 Å². The predicted molar refractivity (Wildman–Crippen MR) is 152 cm³/mol. The summed E-state index contributed by atoms with van der Waals surface area (Å²) in [5.74, 6) is 1.51. The first-order valence-corrected chi connectivity index (χ1v) is 14.4. The van der Waals surface area contributed by atoms with Crippen LogP contribution in [0.15, 0.2) is 64.2 Å². The Kier molecular flexibility index (Phi) is 6.02. The zero-order valence-corrected chi connectivity index (χ0v) is 22.8. The van der Waals surface area contributed by atoms with E-state index in [9.17, 15) is 14.4 Å². The molecule has 1 atom stereocenters. The van der Waals surface area contributed by atoms with Gasteiger partial charge in [-0.15, -0.1) is 0 Å². The van der Waals surface area contributed by atoms with Crippen molar-refractivity contribution in [3.8, 4) is 11.1 Å². The topological polar surface area (TPSA) is 86.4 Å². The number of nitrogens with zero attached hydrogens (tertiary/aromatic N) is 4. The zero-order valence-electron chi connectivity index (χ0n) is 22.8. The number of likely N-dealkylation sites (tertiary alicyclic amines) is 2. The van der Waals surface area contributed by atoms with Crippen LogP contribution in [0, 0.1) is 11.8 Å². The van der Waals surface area contributed by atoms with Crippen LogP contribution in [0.25, 0.3) is 22.1 Å². The molecule has 7 rings (SSSR count). The van der Waals surface area contributed by atoms with Crippen LogP contribution in [-0.2, 0) is 14.4 Å². The maximum absolute atomic E-state index is 14.1. The second-order valence-electron chi connectivity index (χ2n) is 11.9. The average Bonchev–Trinajstić information content (AvgIpc) is 3.43. The van der Waals surface area contributed by atoms with Gasteiger partial charge < -0.3 is 14.2 Å². The predicted octanol–water partition coefficient (Wildman–Crippen LogP) is 4.33. The fraction of sp³-hybridized carbons (Fsp3) is 0.438. The number of furan rings is 1. The molecule has 3 fully saturated rings. The van der Waals surface area contributed by atoms with Gasteiger partial charge >= 0.3 is 0 Å². The minimum Gasteiger partial charge on any atom is -0.464 e. The third-order valence-electron chi connectivity index (χ3n) is 9.15. The number of aliphatic imine (C=N–C) groups is 1. The van der Waals surface area contributed by atoms with E-state index in [1.54, 1.807) is 18.1 Å². The highest BCUT2D eigenvalue weighted by molar-refractivity contribution is 6.15. The van der Waals surface area contributed by atoms with Gasteiger partial charge in [0.25, 0.3) is 5.91 Å². The van der Waals surface area contributed by atoms with E-state index in [2.05, 4.69) is 36.4 Å². The molecule has 4 aliphatic rings. The van der Waals surface area contributed by atoms with Crippen LogP contribution in [0.2, 0.25) is 0 Å². The van der Waals surface area contributed by atoms with Crippen LogP contribution < -0.4 is 0 Å². The van der Waals surface area contributed by atoms with Crippen molar-refractivity contribution in [3.05, 3.63) is 60.4 Å². The number of amidine groups is 1.